The Bertz CT molecular complexity index is 1320. The van der Waals surface area contributed by atoms with E-state index in [4.69, 9.17) is 11.6 Å². The fourth-order valence-electron chi connectivity index (χ4n) is 6.15. The van der Waals surface area contributed by atoms with E-state index in [-0.39, 0.29) is 28.7 Å². The number of imide groups is 1. The highest BCUT2D eigenvalue weighted by atomic mass is 35.5. The first kappa shape index (κ1) is 22.6. The van der Waals surface area contributed by atoms with Gasteiger partial charge in [0.15, 0.2) is 5.78 Å². The van der Waals surface area contributed by atoms with E-state index < -0.39 is 46.8 Å². The Kier molecular flexibility index (Phi) is 5.08. The molecule has 3 amide bonds. The van der Waals surface area contributed by atoms with Crippen LogP contribution in [0.2, 0.25) is 5.02 Å². The van der Waals surface area contributed by atoms with Crippen LogP contribution >= 0.6 is 11.6 Å². The molecule has 0 radical (unpaired) electrons. The van der Waals surface area contributed by atoms with Crippen LogP contribution in [0.1, 0.15) is 27.1 Å². The quantitative estimate of drug-likeness (QED) is 0.195. The van der Waals surface area contributed by atoms with Crippen molar-refractivity contribution in [2.45, 2.75) is 6.42 Å². The van der Waals surface area contributed by atoms with Crippen LogP contribution in [0.25, 0.3) is 0 Å². The summed E-state index contributed by atoms with van der Waals surface area (Å²) in [7, 11) is 0. The Morgan fingerprint density at radius 1 is 0.917 bits per heavy atom. The molecule has 1 saturated heterocycles. The van der Waals surface area contributed by atoms with Crippen molar-refractivity contribution in [1.82, 2.24) is 10.0 Å². The molecular formula is C26H20ClN3O6. The highest BCUT2D eigenvalue weighted by Crippen LogP contribution is 2.65. The largest absolute Gasteiger partial charge is 0.292 e. The van der Waals surface area contributed by atoms with Gasteiger partial charge in [0, 0.05) is 28.3 Å². The van der Waals surface area contributed by atoms with E-state index in [1.165, 1.54) is 48.5 Å². The van der Waals surface area contributed by atoms with E-state index in [2.05, 4.69) is 0 Å². The van der Waals surface area contributed by atoms with Crippen molar-refractivity contribution >= 4 is 40.8 Å². The minimum Gasteiger partial charge on any atom is -0.292 e. The second-order valence-electron chi connectivity index (χ2n) is 9.74. The molecule has 3 fully saturated rings. The Labute approximate surface area is 210 Å². The van der Waals surface area contributed by atoms with Gasteiger partial charge in [-0.25, -0.2) is 5.01 Å². The third-order valence-electron chi connectivity index (χ3n) is 7.90. The molecule has 36 heavy (non-hydrogen) atoms. The Hall–Kier alpha value is -3.85. The molecule has 4 aliphatic carbocycles. The number of carbonyl (C=O) groups is 4. The van der Waals surface area contributed by atoms with Gasteiger partial charge in [-0.15, -0.1) is 0 Å². The summed E-state index contributed by atoms with van der Waals surface area (Å²) in [6.07, 6.45) is 5.06. The molecule has 1 aliphatic heterocycles. The second-order valence-corrected chi connectivity index (χ2v) is 10.2. The molecule has 2 bridgehead atoms. The van der Waals surface area contributed by atoms with Crippen LogP contribution in [0.4, 0.5) is 5.69 Å². The number of amides is 3. The molecule has 10 heteroatoms. The lowest BCUT2D eigenvalue weighted by molar-refractivity contribution is -0.384. The first-order valence-corrected chi connectivity index (χ1v) is 12.0. The lowest BCUT2D eigenvalue weighted by Crippen LogP contribution is -2.52. The van der Waals surface area contributed by atoms with Crippen LogP contribution in [0.15, 0.2) is 60.7 Å². The molecule has 6 atom stereocenters. The topological polar surface area (TPSA) is 118 Å². The monoisotopic (exact) mass is 505 g/mol. The van der Waals surface area contributed by atoms with Gasteiger partial charge in [-0.1, -0.05) is 23.8 Å². The minimum atomic E-state index is -0.687. The number of hydrogen-bond acceptors (Lipinski definition) is 6. The van der Waals surface area contributed by atoms with Gasteiger partial charge >= 0.3 is 0 Å². The minimum absolute atomic E-state index is 0.0377. The van der Waals surface area contributed by atoms with Gasteiger partial charge in [-0.3, -0.25) is 29.3 Å². The average Bonchev–Trinajstić information content (AvgIpc) is 3.66. The van der Waals surface area contributed by atoms with Gasteiger partial charge < -0.3 is 0 Å². The van der Waals surface area contributed by atoms with Gasteiger partial charge in [-0.05, 0) is 66.5 Å². The number of non-ortho nitro benzene ring substituents is 1. The van der Waals surface area contributed by atoms with Crippen molar-refractivity contribution in [3.05, 3.63) is 86.9 Å². The Balaban J connectivity index is 1.34. The molecule has 0 aromatic heterocycles. The molecule has 7 rings (SSSR count). The number of rotatable bonds is 6. The van der Waals surface area contributed by atoms with Gasteiger partial charge in [0.2, 0.25) is 0 Å². The fourth-order valence-corrected chi connectivity index (χ4v) is 6.28. The van der Waals surface area contributed by atoms with E-state index in [1.807, 2.05) is 12.2 Å². The third-order valence-corrected chi connectivity index (χ3v) is 8.15. The first-order valence-electron chi connectivity index (χ1n) is 11.7. The van der Waals surface area contributed by atoms with Crippen molar-refractivity contribution in [3.63, 3.8) is 0 Å². The average molecular weight is 506 g/mol. The SMILES string of the molecule is O=C(CN(C(=O)c1ccc(Cl)cc1)N1C(=O)[C@@H]2[C@H]3C=C[C@@H]([C@@H]4C[C@@H]34)[C@@H]2C1=O)c1ccc([N+](=O)[O-])cc1. The van der Waals surface area contributed by atoms with E-state index in [9.17, 15) is 29.3 Å². The van der Waals surface area contributed by atoms with Gasteiger partial charge in [-0.2, -0.15) is 5.01 Å². The van der Waals surface area contributed by atoms with Crippen molar-refractivity contribution in [3.8, 4) is 0 Å². The molecule has 2 saturated carbocycles. The summed E-state index contributed by atoms with van der Waals surface area (Å²) in [6.45, 7) is -0.578. The maximum absolute atomic E-state index is 13.6. The maximum atomic E-state index is 13.6. The van der Waals surface area contributed by atoms with E-state index in [0.29, 0.717) is 16.9 Å². The number of benzene rings is 2. The highest BCUT2D eigenvalue weighted by Gasteiger charge is 2.68. The summed E-state index contributed by atoms with van der Waals surface area (Å²) in [5.41, 5.74) is 0.0977. The number of allylic oxidation sites excluding steroid dienone is 2. The van der Waals surface area contributed by atoms with E-state index in [0.717, 1.165) is 16.4 Å². The highest BCUT2D eigenvalue weighted by molar-refractivity contribution is 6.30. The van der Waals surface area contributed by atoms with Gasteiger partial charge in [0.1, 0.15) is 6.54 Å². The smallest absolute Gasteiger partial charge is 0.273 e. The van der Waals surface area contributed by atoms with E-state index >= 15 is 0 Å². The van der Waals surface area contributed by atoms with Crippen LogP contribution in [0.5, 0.6) is 0 Å². The predicted molar refractivity (Wildman–Crippen MR) is 126 cm³/mol. The third kappa shape index (κ3) is 3.37. The summed E-state index contributed by atoms with van der Waals surface area (Å²) in [5.74, 6) is -2.55. The summed E-state index contributed by atoms with van der Waals surface area (Å²) >= 11 is 5.96. The molecule has 0 unspecified atom stereocenters. The summed E-state index contributed by atoms with van der Waals surface area (Å²) in [5, 5.41) is 13.1. The molecule has 1 heterocycles. The molecule has 2 aromatic rings. The number of nitro groups is 1. The lowest BCUT2D eigenvalue weighted by Gasteiger charge is -2.37. The van der Waals surface area contributed by atoms with Crippen LogP contribution in [0, 0.1) is 45.6 Å². The van der Waals surface area contributed by atoms with Crippen molar-refractivity contribution < 1.29 is 24.1 Å². The van der Waals surface area contributed by atoms with Crippen LogP contribution in [0.3, 0.4) is 0 Å². The van der Waals surface area contributed by atoms with Crippen molar-refractivity contribution in [2.24, 2.45) is 35.5 Å². The second kappa shape index (κ2) is 8.09. The molecule has 0 spiro atoms. The first-order chi connectivity index (χ1) is 17.3. The molecule has 9 nitrogen and oxygen atoms in total. The van der Waals surface area contributed by atoms with Crippen LogP contribution < -0.4 is 0 Å². The number of nitrogens with zero attached hydrogens (tertiary/aromatic N) is 3. The number of hydrazine groups is 1. The fraction of sp³-hybridized carbons (Fsp3) is 0.308. The molecular weight excluding hydrogens is 486 g/mol. The normalized spacial score (nSPS) is 29.1. The zero-order valence-corrected chi connectivity index (χ0v) is 19.6. The molecule has 2 aromatic carbocycles. The number of ketones is 1. The van der Waals surface area contributed by atoms with Crippen molar-refractivity contribution in [2.75, 3.05) is 6.54 Å². The van der Waals surface area contributed by atoms with Crippen LogP contribution in [-0.2, 0) is 9.59 Å². The lowest BCUT2D eigenvalue weighted by atomic mass is 9.63. The number of nitro benzene ring substituents is 1. The van der Waals surface area contributed by atoms with Gasteiger partial charge in [0.05, 0.1) is 16.8 Å². The molecule has 0 N–H and O–H groups in total. The number of carbonyl (C=O) groups excluding carboxylic acids is 4. The van der Waals surface area contributed by atoms with Gasteiger partial charge in [0.25, 0.3) is 23.4 Å². The zero-order valence-electron chi connectivity index (χ0n) is 18.8. The summed E-state index contributed by atoms with van der Waals surface area (Å²) in [4.78, 5) is 64.4. The van der Waals surface area contributed by atoms with Crippen molar-refractivity contribution in [1.29, 1.82) is 0 Å². The number of hydrogen-bond donors (Lipinski definition) is 0. The standard InChI is InChI=1S/C26H20ClN3O6/c27-15-5-1-14(2-6-15)24(32)28(12-21(31)13-3-7-16(8-4-13)30(35)36)29-25(33)22-17-9-10-18(20-11-19(17)20)23(22)26(29)34/h1-10,17-20,22-23H,11-12H2/t17-,18-,19-,20-,22-,23+/m0/s1. The molecule has 5 aliphatic rings. The number of halogens is 1. The summed E-state index contributed by atoms with van der Waals surface area (Å²) < 4.78 is 0. The van der Waals surface area contributed by atoms with Crippen LogP contribution in [-0.4, -0.2) is 45.0 Å². The summed E-state index contributed by atoms with van der Waals surface area (Å²) in [6, 6.07) is 10.9. The predicted octanol–water partition coefficient (Wildman–Crippen LogP) is 3.54. The Morgan fingerprint density at radius 2 is 1.44 bits per heavy atom. The zero-order chi connectivity index (χ0) is 25.3. The maximum Gasteiger partial charge on any atom is 0.273 e. The van der Waals surface area contributed by atoms with E-state index in [1.54, 1.807) is 0 Å². The molecule has 182 valence electrons. The Morgan fingerprint density at radius 3 is 1.97 bits per heavy atom. The number of Topliss-reactive ketones (excluding diaryl/α,β-unsaturated/α-hetero) is 1.